The highest BCUT2D eigenvalue weighted by molar-refractivity contribution is 5.42. The van der Waals surface area contributed by atoms with Gasteiger partial charge >= 0.3 is 0 Å². The molecule has 140 valence electrons. The highest BCUT2D eigenvalue weighted by Gasteiger charge is 2.32. The van der Waals surface area contributed by atoms with Gasteiger partial charge in [-0.15, -0.1) is 5.10 Å². The molecule has 2 aromatic heterocycles. The Hall–Kier alpha value is -1.99. The molecule has 0 amide bonds. The highest BCUT2D eigenvalue weighted by atomic mass is 16.5. The number of likely N-dealkylation sites (N-methyl/N-ethyl adjacent to an activating group) is 1. The van der Waals surface area contributed by atoms with Gasteiger partial charge in [0.05, 0.1) is 37.3 Å². The van der Waals surface area contributed by atoms with Crippen molar-refractivity contribution in [3.05, 3.63) is 35.3 Å². The second-order valence-electron chi connectivity index (χ2n) is 8.39. The van der Waals surface area contributed by atoms with Gasteiger partial charge in [0.25, 0.3) is 0 Å². The van der Waals surface area contributed by atoms with Crippen LogP contribution in [0.25, 0.3) is 0 Å². The Balaban J connectivity index is 1.33. The Bertz CT molecular complexity index is 757. The van der Waals surface area contributed by atoms with Crippen molar-refractivity contribution in [1.29, 1.82) is 0 Å². The van der Waals surface area contributed by atoms with Crippen LogP contribution in [-0.2, 0) is 29.8 Å². The van der Waals surface area contributed by atoms with E-state index in [0.29, 0.717) is 12.6 Å². The van der Waals surface area contributed by atoms with Gasteiger partial charge in [0.1, 0.15) is 0 Å². The van der Waals surface area contributed by atoms with Crippen LogP contribution in [0.3, 0.4) is 0 Å². The molecule has 0 N–H and O–H groups in total. The van der Waals surface area contributed by atoms with E-state index in [2.05, 4.69) is 69.7 Å². The van der Waals surface area contributed by atoms with Crippen molar-refractivity contribution in [3.63, 3.8) is 0 Å². The summed E-state index contributed by atoms with van der Waals surface area (Å²) in [7, 11) is 2.18. The summed E-state index contributed by atoms with van der Waals surface area (Å²) in [5.41, 5.74) is 3.57. The molecule has 0 saturated carbocycles. The van der Waals surface area contributed by atoms with E-state index in [9.17, 15) is 0 Å². The predicted octanol–water partition coefficient (Wildman–Crippen LogP) is 1.82. The van der Waals surface area contributed by atoms with Crippen molar-refractivity contribution in [2.24, 2.45) is 0 Å². The van der Waals surface area contributed by atoms with E-state index in [4.69, 9.17) is 4.74 Å². The fourth-order valence-electron chi connectivity index (χ4n) is 3.47. The van der Waals surface area contributed by atoms with Gasteiger partial charge in [-0.1, -0.05) is 20.8 Å². The van der Waals surface area contributed by atoms with E-state index in [1.807, 2.05) is 6.20 Å². The van der Waals surface area contributed by atoms with Crippen LogP contribution in [-0.4, -0.2) is 57.7 Å². The number of anilines is 1. The lowest BCUT2D eigenvalue weighted by Gasteiger charge is -2.44. The van der Waals surface area contributed by atoms with E-state index in [-0.39, 0.29) is 5.41 Å². The molecular formula is C19H28N6O. The number of fused-ring (bicyclic) bond motifs is 1. The number of rotatable bonds is 4. The lowest BCUT2D eigenvalue weighted by atomic mass is 9.92. The van der Waals surface area contributed by atoms with Crippen LogP contribution in [0.4, 0.5) is 5.82 Å². The first-order valence-corrected chi connectivity index (χ1v) is 9.32. The average molecular weight is 356 g/mol. The SMILES string of the molecule is CN(Cc1cnn2c1COCC2)C1CN(c2ccc(C(C)(C)C)nn2)C1. The molecule has 2 aliphatic rings. The molecule has 4 heterocycles. The molecule has 0 aliphatic carbocycles. The maximum atomic E-state index is 5.58. The predicted molar refractivity (Wildman–Crippen MR) is 100 cm³/mol. The molecule has 7 heteroatoms. The second kappa shape index (κ2) is 6.63. The summed E-state index contributed by atoms with van der Waals surface area (Å²) in [5.74, 6) is 0.971. The lowest BCUT2D eigenvalue weighted by Crippen LogP contribution is -2.58. The van der Waals surface area contributed by atoms with Crippen LogP contribution in [0, 0.1) is 0 Å². The molecular weight excluding hydrogens is 328 g/mol. The van der Waals surface area contributed by atoms with Crippen molar-refractivity contribution in [3.8, 4) is 0 Å². The normalized spacial score (nSPS) is 18.1. The van der Waals surface area contributed by atoms with Gasteiger partial charge in [-0.3, -0.25) is 9.58 Å². The quantitative estimate of drug-likeness (QED) is 0.833. The zero-order valence-corrected chi connectivity index (χ0v) is 16.1. The van der Waals surface area contributed by atoms with Crippen LogP contribution in [0.1, 0.15) is 37.7 Å². The van der Waals surface area contributed by atoms with E-state index in [1.54, 1.807) is 0 Å². The van der Waals surface area contributed by atoms with Crippen molar-refractivity contribution in [2.75, 3.05) is 31.6 Å². The van der Waals surface area contributed by atoms with Crippen LogP contribution in [0.2, 0.25) is 0 Å². The van der Waals surface area contributed by atoms with Crippen molar-refractivity contribution in [2.45, 2.75) is 51.9 Å². The first-order chi connectivity index (χ1) is 12.4. The summed E-state index contributed by atoms with van der Waals surface area (Å²) in [6.45, 7) is 11.7. The van der Waals surface area contributed by atoms with Gasteiger partial charge in [0.2, 0.25) is 0 Å². The topological polar surface area (TPSA) is 59.3 Å². The number of hydrogen-bond acceptors (Lipinski definition) is 6. The lowest BCUT2D eigenvalue weighted by molar-refractivity contribution is 0.0784. The van der Waals surface area contributed by atoms with Gasteiger partial charge < -0.3 is 9.64 Å². The maximum Gasteiger partial charge on any atom is 0.151 e. The zero-order valence-electron chi connectivity index (χ0n) is 16.1. The van der Waals surface area contributed by atoms with Crippen LogP contribution < -0.4 is 4.90 Å². The van der Waals surface area contributed by atoms with Gasteiger partial charge in [-0.25, -0.2) is 0 Å². The summed E-state index contributed by atoms with van der Waals surface area (Å²) in [6.07, 6.45) is 1.99. The third kappa shape index (κ3) is 3.33. The summed E-state index contributed by atoms with van der Waals surface area (Å²) in [5, 5.41) is 13.3. The molecule has 4 rings (SSSR count). The van der Waals surface area contributed by atoms with Gasteiger partial charge in [0.15, 0.2) is 5.82 Å². The molecule has 7 nitrogen and oxygen atoms in total. The third-order valence-electron chi connectivity index (χ3n) is 5.37. The minimum absolute atomic E-state index is 0.0394. The zero-order chi connectivity index (χ0) is 18.3. The number of hydrogen-bond donors (Lipinski definition) is 0. The fraction of sp³-hybridized carbons (Fsp3) is 0.632. The number of nitrogens with zero attached hydrogens (tertiary/aromatic N) is 6. The Morgan fingerprint density at radius 1 is 1.23 bits per heavy atom. The van der Waals surface area contributed by atoms with E-state index in [0.717, 1.165) is 44.3 Å². The van der Waals surface area contributed by atoms with E-state index < -0.39 is 0 Å². The molecule has 0 unspecified atom stereocenters. The monoisotopic (exact) mass is 356 g/mol. The smallest absolute Gasteiger partial charge is 0.151 e. The largest absolute Gasteiger partial charge is 0.373 e. The Labute approximate surface area is 155 Å². The molecule has 0 radical (unpaired) electrons. The second-order valence-corrected chi connectivity index (χ2v) is 8.39. The minimum atomic E-state index is 0.0394. The molecule has 2 aromatic rings. The van der Waals surface area contributed by atoms with Crippen molar-refractivity contribution in [1.82, 2.24) is 24.9 Å². The van der Waals surface area contributed by atoms with Crippen LogP contribution >= 0.6 is 0 Å². The third-order valence-corrected chi connectivity index (χ3v) is 5.37. The van der Waals surface area contributed by atoms with Gasteiger partial charge in [-0.05, 0) is 19.2 Å². The minimum Gasteiger partial charge on any atom is -0.373 e. The molecule has 1 fully saturated rings. The average Bonchev–Trinajstić information content (AvgIpc) is 2.96. The standard InChI is InChI=1S/C19H28N6O/c1-19(2,3)17-5-6-18(22-21-17)24-11-15(12-24)23(4)10-14-9-20-25-7-8-26-13-16(14)25/h5-6,9,15H,7-8,10-13H2,1-4H3. The summed E-state index contributed by atoms with van der Waals surface area (Å²) < 4.78 is 7.66. The number of aromatic nitrogens is 4. The van der Waals surface area contributed by atoms with Gasteiger partial charge in [-0.2, -0.15) is 10.2 Å². The maximum absolute atomic E-state index is 5.58. The molecule has 26 heavy (non-hydrogen) atoms. The van der Waals surface area contributed by atoms with Crippen molar-refractivity contribution < 1.29 is 4.74 Å². The Morgan fingerprint density at radius 3 is 2.73 bits per heavy atom. The van der Waals surface area contributed by atoms with Crippen LogP contribution in [0.5, 0.6) is 0 Å². The number of ether oxygens (including phenoxy) is 1. The van der Waals surface area contributed by atoms with Gasteiger partial charge in [0, 0.05) is 36.7 Å². The first kappa shape index (κ1) is 17.4. The van der Waals surface area contributed by atoms with Crippen molar-refractivity contribution >= 4 is 5.82 Å². The molecule has 2 aliphatic heterocycles. The highest BCUT2D eigenvalue weighted by Crippen LogP contribution is 2.25. The molecule has 0 aromatic carbocycles. The molecule has 0 atom stereocenters. The van der Waals surface area contributed by atoms with E-state index >= 15 is 0 Å². The Morgan fingerprint density at radius 2 is 2.04 bits per heavy atom. The molecule has 0 spiro atoms. The first-order valence-electron chi connectivity index (χ1n) is 9.32. The summed E-state index contributed by atoms with van der Waals surface area (Å²) >= 11 is 0. The van der Waals surface area contributed by atoms with Crippen LogP contribution in [0.15, 0.2) is 18.3 Å². The fourth-order valence-corrected chi connectivity index (χ4v) is 3.47. The summed E-state index contributed by atoms with van der Waals surface area (Å²) in [4.78, 5) is 4.69. The summed E-state index contributed by atoms with van der Waals surface area (Å²) in [6, 6.07) is 4.72. The Kier molecular flexibility index (Phi) is 4.44. The molecule has 1 saturated heterocycles. The van der Waals surface area contributed by atoms with E-state index in [1.165, 1.54) is 11.3 Å². The molecule has 0 bridgehead atoms.